The molecule has 9 nitrogen and oxygen atoms in total. The highest BCUT2D eigenvalue weighted by molar-refractivity contribution is 5.92. The molecule has 1 fully saturated rings. The molecule has 1 atom stereocenters. The van der Waals surface area contributed by atoms with Gasteiger partial charge in [-0.15, -0.1) is 0 Å². The molecule has 9 heteroatoms. The second-order valence-electron chi connectivity index (χ2n) is 9.80. The summed E-state index contributed by atoms with van der Waals surface area (Å²) in [5.41, 5.74) is 2.93. The number of piperidine rings is 1. The van der Waals surface area contributed by atoms with Crippen LogP contribution >= 0.6 is 0 Å². The largest absolute Gasteiger partial charge is 0.390 e. The van der Waals surface area contributed by atoms with Crippen LogP contribution in [0.3, 0.4) is 0 Å². The van der Waals surface area contributed by atoms with Crippen LogP contribution in [-0.4, -0.2) is 81.6 Å². The van der Waals surface area contributed by atoms with E-state index in [2.05, 4.69) is 43.7 Å². The fourth-order valence-electron chi connectivity index (χ4n) is 4.75. The molecular formula is C26H36N6O3. The molecule has 0 saturated carbocycles. The molecule has 2 aromatic rings. The van der Waals surface area contributed by atoms with Crippen LogP contribution in [0.25, 0.3) is 0 Å². The minimum atomic E-state index is -0.664. The molecule has 2 aliphatic heterocycles. The van der Waals surface area contributed by atoms with Crippen LogP contribution in [0.15, 0.2) is 36.7 Å². The smallest absolute Gasteiger partial charge is 0.270 e. The lowest BCUT2D eigenvalue weighted by Crippen LogP contribution is -2.44. The number of nitrogens with one attached hydrogen (secondary N) is 2. The number of hydrogen-bond donors (Lipinski definition) is 3. The van der Waals surface area contributed by atoms with Crippen LogP contribution in [0, 0.1) is 5.92 Å². The lowest BCUT2D eigenvalue weighted by atomic mass is 10.00. The van der Waals surface area contributed by atoms with Crippen LogP contribution in [0.1, 0.15) is 48.3 Å². The van der Waals surface area contributed by atoms with E-state index in [1.807, 2.05) is 24.8 Å². The molecule has 4 rings (SSSR count). The monoisotopic (exact) mass is 480 g/mol. The van der Waals surface area contributed by atoms with Gasteiger partial charge in [-0.25, -0.2) is 9.97 Å². The standard InChI is InChI=1S/C26H36N6O3/c1-18(2)26(35)32-11-8-21(9-12-32)30-24-13-23(28-17-29-24)25(34)27-14-22(33)16-31-10-7-19-5-3-4-6-20(19)15-31/h3-6,13,17-18,21-22,33H,7-12,14-16H2,1-2H3,(H,27,34)(H,28,29,30)/t22-/m0/s1. The minimum Gasteiger partial charge on any atom is -0.390 e. The molecule has 0 unspecified atom stereocenters. The molecule has 1 aromatic heterocycles. The zero-order valence-electron chi connectivity index (χ0n) is 20.6. The van der Waals surface area contributed by atoms with Gasteiger partial charge in [-0.2, -0.15) is 0 Å². The Morgan fingerprint density at radius 3 is 2.60 bits per heavy atom. The molecule has 1 aromatic carbocycles. The molecule has 3 heterocycles. The number of β-amino-alcohol motifs (C(OH)–C–C–N with tert-alkyl or cyclic N) is 1. The van der Waals surface area contributed by atoms with E-state index in [-0.39, 0.29) is 36.0 Å². The summed E-state index contributed by atoms with van der Waals surface area (Å²) in [4.78, 5) is 37.3. The van der Waals surface area contributed by atoms with Gasteiger partial charge < -0.3 is 20.6 Å². The maximum atomic E-state index is 12.6. The Morgan fingerprint density at radius 1 is 1.11 bits per heavy atom. The third-order valence-electron chi connectivity index (χ3n) is 6.73. The van der Waals surface area contributed by atoms with E-state index in [4.69, 9.17) is 0 Å². The van der Waals surface area contributed by atoms with E-state index in [1.165, 1.54) is 17.5 Å². The first-order chi connectivity index (χ1) is 16.9. The number of rotatable bonds is 8. The van der Waals surface area contributed by atoms with Gasteiger partial charge in [-0.1, -0.05) is 38.1 Å². The molecule has 0 aliphatic carbocycles. The van der Waals surface area contributed by atoms with E-state index in [0.29, 0.717) is 25.5 Å². The topological polar surface area (TPSA) is 111 Å². The van der Waals surface area contributed by atoms with Gasteiger partial charge in [-0.05, 0) is 30.4 Å². The highest BCUT2D eigenvalue weighted by Crippen LogP contribution is 2.19. The number of fused-ring (bicyclic) bond motifs is 1. The minimum absolute atomic E-state index is 0.0116. The quantitative estimate of drug-likeness (QED) is 0.527. The molecule has 2 amide bonds. The van der Waals surface area contributed by atoms with Crippen LogP contribution in [0.4, 0.5) is 5.82 Å². The molecular weight excluding hydrogens is 444 g/mol. The predicted octanol–water partition coefficient (Wildman–Crippen LogP) is 1.68. The summed E-state index contributed by atoms with van der Waals surface area (Å²) in [6, 6.07) is 10.2. The zero-order chi connectivity index (χ0) is 24.8. The van der Waals surface area contributed by atoms with Gasteiger partial charge >= 0.3 is 0 Å². The molecule has 35 heavy (non-hydrogen) atoms. The van der Waals surface area contributed by atoms with Gasteiger partial charge in [0.05, 0.1) is 6.10 Å². The summed E-state index contributed by atoms with van der Waals surface area (Å²) in [5, 5.41) is 16.6. The molecule has 1 saturated heterocycles. The van der Waals surface area contributed by atoms with E-state index in [0.717, 1.165) is 32.4 Å². The first-order valence-corrected chi connectivity index (χ1v) is 12.5. The first kappa shape index (κ1) is 25.1. The normalized spacial score (nSPS) is 17.7. The third kappa shape index (κ3) is 6.76. The van der Waals surface area contributed by atoms with Crippen molar-refractivity contribution in [2.45, 2.75) is 51.8 Å². The number of amides is 2. The summed E-state index contributed by atoms with van der Waals surface area (Å²) in [6.07, 6.45) is 3.34. The first-order valence-electron chi connectivity index (χ1n) is 12.5. The van der Waals surface area contributed by atoms with Crippen molar-refractivity contribution in [2.75, 3.05) is 38.0 Å². The predicted molar refractivity (Wildman–Crippen MR) is 134 cm³/mol. The summed E-state index contributed by atoms with van der Waals surface area (Å²) in [7, 11) is 0. The molecule has 0 bridgehead atoms. The number of aromatic nitrogens is 2. The van der Waals surface area contributed by atoms with Gasteiger partial charge in [-0.3, -0.25) is 14.5 Å². The Morgan fingerprint density at radius 2 is 1.86 bits per heavy atom. The van der Waals surface area contributed by atoms with Crippen molar-refractivity contribution in [1.29, 1.82) is 0 Å². The number of nitrogens with zero attached hydrogens (tertiary/aromatic N) is 4. The number of carbonyl (C=O) groups is 2. The average molecular weight is 481 g/mol. The Labute approximate surface area is 206 Å². The van der Waals surface area contributed by atoms with E-state index >= 15 is 0 Å². The van der Waals surface area contributed by atoms with Crippen molar-refractivity contribution in [3.05, 3.63) is 53.5 Å². The number of anilines is 1. The number of aliphatic hydroxyl groups excluding tert-OH is 1. The van der Waals surface area contributed by atoms with Crippen molar-refractivity contribution >= 4 is 17.6 Å². The van der Waals surface area contributed by atoms with Gasteiger partial charge in [0.15, 0.2) is 0 Å². The average Bonchev–Trinajstić information content (AvgIpc) is 2.87. The lowest BCUT2D eigenvalue weighted by molar-refractivity contribution is -0.135. The van der Waals surface area contributed by atoms with E-state index in [1.54, 1.807) is 6.07 Å². The number of aliphatic hydroxyl groups is 1. The second kappa shape index (κ2) is 11.6. The van der Waals surface area contributed by atoms with Gasteiger partial charge in [0.2, 0.25) is 5.91 Å². The van der Waals surface area contributed by atoms with Gasteiger partial charge in [0.25, 0.3) is 5.91 Å². The number of hydrogen-bond acceptors (Lipinski definition) is 7. The molecule has 2 aliphatic rings. The van der Waals surface area contributed by atoms with Crippen molar-refractivity contribution in [1.82, 2.24) is 25.1 Å². The van der Waals surface area contributed by atoms with E-state index in [9.17, 15) is 14.7 Å². The van der Waals surface area contributed by atoms with Crippen LogP contribution in [0.2, 0.25) is 0 Å². The highest BCUT2D eigenvalue weighted by atomic mass is 16.3. The molecule has 188 valence electrons. The molecule has 0 spiro atoms. The van der Waals surface area contributed by atoms with Crippen LogP contribution in [0.5, 0.6) is 0 Å². The second-order valence-corrected chi connectivity index (χ2v) is 9.80. The molecule has 3 N–H and O–H groups in total. The van der Waals surface area contributed by atoms with Gasteiger partial charge in [0.1, 0.15) is 17.8 Å². The summed E-state index contributed by atoms with van der Waals surface area (Å²) >= 11 is 0. The maximum Gasteiger partial charge on any atom is 0.270 e. The highest BCUT2D eigenvalue weighted by Gasteiger charge is 2.25. The fraction of sp³-hybridized carbons (Fsp3) is 0.538. The third-order valence-corrected chi connectivity index (χ3v) is 6.73. The Bertz CT molecular complexity index is 1020. The Balaban J connectivity index is 1.22. The number of likely N-dealkylation sites (tertiary alicyclic amines) is 1. The van der Waals surface area contributed by atoms with Gasteiger partial charge in [0, 0.05) is 57.3 Å². The maximum absolute atomic E-state index is 12.6. The Kier molecular flexibility index (Phi) is 8.30. The zero-order valence-corrected chi connectivity index (χ0v) is 20.6. The lowest BCUT2D eigenvalue weighted by Gasteiger charge is -2.33. The van der Waals surface area contributed by atoms with Crippen LogP contribution in [-0.2, 0) is 17.8 Å². The number of benzene rings is 1. The SMILES string of the molecule is CC(C)C(=O)N1CCC(Nc2cc(C(=O)NC[C@H](O)CN3CCc4ccccc4C3)ncn2)CC1. The Hall–Kier alpha value is -3.04. The fourth-order valence-corrected chi connectivity index (χ4v) is 4.75. The summed E-state index contributed by atoms with van der Waals surface area (Å²) in [6.45, 7) is 7.65. The summed E-state index contributed by atoms with van der Waals surface area (Å²) < 4.78 is 0. The van der Waals surface area contributed by atoms with Crippen molar-refractivity contribution < 1.29 is 14.7 Å². The van der Waals surface area contributed by atoms with E-state index < -0.39 is 6.10 Å². The molecule has 0 radical (unpaired) electrons. The van der Waals surface area contributed by atoms with Crippen molar-refractivity contribution in [3.8, 4) is 0 Å². The van der Waals surface area contributed by atoms with Crippen molar-refractivity contribution in [3.63, 3.8) is 0 Å². The van der Waals surface area contributed by atoms with Crippen molar-refractivity contribution in [2.24, 2.45) is 5.92 Å². The number of carbonyl (C=O) groups excluding carboxylic acids is 2. The summed E-state index contributed by atoms with van der Waals surface area (Å²) in [5.74, 6) is 0.455. The van der Waals surface area contributed by atoms with Crippen LogP contribution < -0.4 is 10.6 Å².